The van der Waals surface area contributed by atoms with Crippen LogP contribution in [0.5, 0.6) is 0 Å². The molecular formula is C18H20Cl2N4O2S. The fourth-order valence-corrected chi connectivity index (χ4v) is 3.80. The summed E-state index contributed by atoms with van der Waals surface area (Å²) in [6.07, 6.45) is 0. The third-order valence-electron chi connectivity index (χ3n) is 4.28. The molecule has 0 saturated carbocycles. The Hall–Kier alpha value is -1.80. The molecule has 1 fully saturated rings. The third-order valence-corrected chi connectivity index (χ3v) is 5.88. The van der Waals surface area contributed by atoms with Crippen molar-refractivity contribution in [3.8, 4) is 0 Å². The molecule has 1 aromatic carbocycles. The van der Waals surface area contributed by atoms with Crippen LogP contribution in [0.2, 0.25) is 10.0 Å². The molecular weight excluding hydrogens is 407 g/mol. The highest BCUT2D eigenvalue weighted by Gasteiger charge is 2.22. The number of thiophene rings is 1. The number of urea groups is 1. The van der Waals surface area contributed by atoms with Crippen molar-refractivity contribution in [2.75, 3.05) is 44.6 Å². The van der Waals surface area contributed by atoms with E-state index in [0.717, 1.165) is 24.5 Å². The zero-order chi connectivity index (χ0) is 19.2. The summed E-state index contributed by atoms with van der Waals surface area (Å²) in [6.45, 7) is 4.25. The van der Waals surface area contributed by atoms with Gasteiger partial charge in [0.15, 0.2) is 0 Å². The van der Waals surface area contributed by atoms with Gasteiger partial charge in [0.05, 0.1) is 14.9 Å². The highest BCUT2D eigenvalue weighted by atomic mass is 35.5. The number of nitrogens with one attached hydrogen (secondary N) is 2. The van der Waals surface area contributed by atoms with Crippen LogP contribution in [0.4, 0.5) is 10.5 Å². The van der Waals surface area contributed by atoms with Gasteiger partial charge in [-0.25, -0.2) is 4.79 Å². The molecule has 0 aliphatic carbocycles. The van der Waals surface area contributed by atoms with Crippen molar-refractivity contribution in [1.29, 1.82) is 0 Å². The highest BCUT2D eigenvalue weighted by molar-refractivity contribution is 7.12. The van der Waals surface area contributed by atoms with Crippen LogP contribution >= 0.6 is 34.5 Å². The van der Waals surface area contributed by atoms with Crippen LogP contribution < -0.4 is 10.6 Å². The van der Waals surface area contributed by atoms with Gasteiger partial charge in [-0.3, -0.25) is 9.69 Å². The van der Waals surface area contributed by atoms with Gasteiger partial charge in [-0.1, -0.05) is 29.3 Å². The molecule has 9 heteroatoms. The van der Waals surface area contributed by atoms with Crippen LogP contribution in [0.15, 0.2) is 35.7 Å². The normalized spacial score (nSPS) is 14.8. The highest BCUT2D eigenvalue weighted by Crippen LogP contribution is 2.24. The van der Waals surface area contributed by atoms with Crippen molar-refractivity contribution >= 4 is 52.2 Å². The van der Waals surface area contributed by atoms with Crippen LogP contribution in [0.25, 0.3) is 0 Å². The van der Waals surface area contributed by atoms with Crippen molar-refractivity contribution in [3.05, 3.63) is 50.6 Å². The number of hydrogen-bond acceptors (Lipinski definition) is 4. The summed E-state index contributed by atoms with van der Waals surface area (Å²) >= 11 is 13.3. The summed E-state index contributed by atoms with van der Waals surface area (Å²) in [4.78, 5) is 29.2. The van der Waals surface area contributed by atoms with E-state index < -0.39 is 0 Å². The molecule has 2 heterocycles. The minimum Gasteiger partial charge on any atom is -0.337 e. The van der Waals surface area contributed by atoms with Gasteiger partial charge in [-0.2, -0.15) is 0 Å². The Kier molecular flexibility index (Phi) is 6.95. The number of carbonyl (C=O) groups is 2. The molecule has 0 atom stereocenters. The van der Waals surface area contributed by atoms with E-state index in [2.05, 4.69) is 15.5 Å². The topological polar surface area (TPSA) is 64.7 Å². The molecule has 1 aromatic heterocycles. The minimum atomic E-state index is -0.292. The Morgan fingerprint density at radius 1 is 1.07 bits per heavy atom. The molecule has 0 radical (unpaired) electrons. The Balaban J connectivity index is 1.36. The number of nitrogens with zero attached hydrogens (tertiary/aromatic N) is 2. The van der Waals surface area contributed by atoms with E-state index in [1.54, 1.807) is 18.2 Å². The van der Waals surface area contributed by atoms with Crippen LogP contribution in [0, 0.1) is 0 Å². The molecule has 2 aromatic rings. The van der Waals surface area contributed by atoms with E-state index in [1.807, 2.05) is 22.4 Å². The number of anilines is 1. The molecule has 3 amide bonds. The van der Waals surface area contributed by atoms with Crippen LogP contribution in [-0.2, 0) is 0 Å². The van der Waals surface area contributed by atoms with Gasteiger partial charge in [0, 0.05) is 45.0 Å². The maximum absolute atomic E-state index is 12.3. The van der Waals surface area contributed by atoms with Crippen LogP contribution in [0.3, 0.4) is 0 Å². The number of hydrogen-bond donors (Lipinski definition) is 2. The average molecular weight is 427 g/mol. The van der Waals surface area contributed by atoms with Gasteiger partial charge >= 0.3 is 6.03 Å². The second-order valence-corrected chi connectivity index (χ2v) is 7.88. The Morgan fingerprint density at radius 3 is 2.52 bits per heavy atom. The van der Waals surface area contributed by atoms with Gasteiger partial charge < -0.3 is 15.5 Å². The lowest BCUT2D eigenvalue weighted by Gasteiger charge is -2.34. The molecule has 0 bridgehead atoms. The number of halogens is 2. The van der Waals surface area contributed by atoms with Gasteiger partial charge in [0.25, 0.3) is 5.91 Å². The minimum absolute atomic E-state index is 0.101. The van der Waals surface area contributed by atoms with E-state index in [9.17, 15) is 9.59 Å². The first kappa shape index (κ1) is 19.9. The zero-order valence-corrected chi connectivity index (χ0v) is 16.9. The first-order valence-electron chi connectivity index (χ1n) is 8.58. The van der Waals surface area contributed by atoms with Crippen molar-refractivity contribution < 1.29 is 9.59 Å². The Labute approximate surface area is 172 Å². The quantitative estimate of drug-likeness (QED) is 0.766. The van der Waals surface area contributed by atoms with E-state index in [-0.39, 0.29) is 11.9 Å². The second kappa shape index (κ2) is 9.41. The lowest BCUT2D eigenvalue weighted by atomic mass is 10.3. The van der Waals surface area contributed by atoms with Gasteiger partial charge in [-0.15, -0.1) is 11.3 Å². The standard InChI is InChI=1S/C18H20Cl2N4O2S/c19-14-4-3-13(12-15(14)20)22-18(26)21-5-6-23-7-9-24(10-8-23)17(25)16-2-1-11-27-16/h1-4,11-12H,5-10H2,(H2,21,22,26). The van der Waals surface area contributed by atoms with Crippen LogP contribution in [0.1, 0.15) is 9.67 Å². The van der Waals surface area contributed by atoms with Gasteiger partial charge in [-0.05, 0) is 29.6 Å². The molecule has 0 unspecified atom stereocenters. The Bertz CT molecular complexity index is 793. The third kappa shape index (κ3) is 5.59. The molecule has 1 saturated heterocycles. The molecule has 2 N–H and O–H groups in total. The molecule has 3 rings (SSSR count). The maximum atomic E-state index is 12.3. The summed E-state index contributed by atoms with van der Waals surface area (Å²) in [6, 6.07) is 8.39. The zero-order valence-electron chi connectivity index (χ0n) is 14.6. The fraction of sp³-hybridized carbons (Fsp3) is 0.333. The van der Waals surface area contributed by atoms with E-state index in [4.69, 9.17) is 23.2 Å². The van der Waals surface area contributed by atoms with E-state index in [1.165, 1.54) is 11.3 Å². The fourth-order valence-electron chi connectivity index (χ4n) is 2.81. The monoisotopic (exact) mass is 426 g/mol. The predicted molar refractivity (Wildman–Crippen MR) is 110 cm³/mol. The molecule has 1 aliphatic rings. The number of carbonyl (C=O) groups excluding carboxylic acids is 2. The second-order valence-electron chi connectivity index (χ2n) is 6.12. The first-order valence-corrected chi connectivity index (χ1v) is 10.2. The summed E-state index contributed by atoms with van der Waals surface area (Å²) < 4.78 is 0. The van der Waals surface area contributed by atoms with Crippen LogP contribution in [-0.4, -0.2) is 61.0 Å². The van der Waals surface area contributed by atoms with Crippen molar-refractivity contribution in [2.45, 2.75) is 0 Å². The molecule has 6 nitrogen and oxygen atoms in total. The van der Waals surface area contributed by atoms with Crippen molar-refractivity contribution in [1.82, 2.24) is 15.1 Å². The van der Waals surface area contributed by atoms with Gasteiger partial charge in [0.2, 0.25) is 0 Å². The number of piperazine rings is 1. The van der Waals surface area contributed by atoms with E-state index >= 15 is 0 Å². The number of rotatable bonds is 5. The molecule has 1 aliphatic heterocycles. The summed E-state index contributed by atoms with van der Waals surface area (Å²) in [5.74, 6) is 0.101. The lowest BCUT2D eigenvalue weighted by molar-refractivity contribution is 0.0644. The maximum Gasteiger partial charge on any atom is 0.319 e. The molecule has 0 spiro atoms. The molecule has 144 valence electrons. The smallest absolute Gasteiger partial charge is 0.319 e. The summed E-state index contributed by atoms with van der Waals surface area (Å²) in [5.41, 5.74) is 0.586. The average Bonchev–Trinajstić information content (AvgIpc) is 3.19. The SMILES string of the molecule is O=C(NCCN1CCN(C(=O)c2cccs2)CC1)Nc1ccc(Cl)c(Cl)c1. The van der Waals surface area contributed by atoms with E-state index in [0.29, 0.717) is 35.4 Å². The number of benzene rings is 1. The van der Waals surface area contributed by atoms with Crippen molar-refractivity contribution in [2.24, 2.45) is 0 Å². The Morgan fingerprint density at radius 2 is 1.85 bits per heavy atom. The molecule has 27 heavy (non-hydrogen) atoms. The predicted octanol–water partition coefficient (Wildman–Crippen LogP) is 3.63. The lowest BCUT2D eigenvalue weighted by Crippen LogP contribution is -2.50. The summed E-state index contributed by atoms with van der Waals surface area (Å²) in [7, 11) is 0. The number of amides is 3. The van der Waals surface area contributed by atoms with Gasteiger partial charge in [0.1, 0.15) is 0 Å². The first-order chi connectivity index (χ1) is 13.0. The largest absolute Gasteiger partial charge is 0.337 e. The summed E-state index contributed by atoms with van der Waals surface area (Å²) in [5, 5.41) is 8.30. The van der Waals surface area contributed by atoms with Crippen molar-refractivity contribution in [3.63, 3.8) is 0 Å².